The van der Waals surface area contributed by atoms with Gasteiger partial charge in [-0.15, -0.1) is 10.2 Å². The Labute approximate surface area is 169 Å². The molecule has 30 heavy (non-hydrogen) atoms. The van der Waals surface area contributed by atoms with Gasteiger partial charge in [0.15, 0.2) is 0 Å². The summed E-state index contributed by atoms with van der Waals surface area (Å²) in [5.74, 6) is -2.43. The predicted molar refractivity (Wildman–Crippen MR) is 96.0 cm³/mol. The zero-order valence-electron chi connectivity index (χ0n) is 16.0. The van der Waals surface area contributed by atoms with Crippen LogP contribution in [0.25, 0.3) is 11.5 Å². The average molecular weight is 424 g/mol. The first-order chi connectivity index (χ1) is 14.4. The van der Waals surface area contributed by atoms with Crippen molar-refractivity contribution in [3.63, 3.8) is 0 Å². The molecule has 0 unspecified atom stereocenters. The first kappa shape index (κ1) is 20.3. The van der Waals surface area contributed by atoms with Crippen LogP contribution in [-0.4, -0.2) is 52.2 Å². The van der Waals surface area contributed by atoms with E-state index in [0.29, 0.717) is 19.4 Å². The molecule has 3 heterocycles. The number of amides is 2. The van der Waals surface area contributed by atoms with E-state index in [9.17, 15) is 22.8 Å². The van der Waals surface area contributed by atoms with E-state index in [-0.39, 0.29) is 47.7 Å². The van der Waals surface area contributed by atoms with E-state index in [1.54, 1.807) is 6.92 Å². The van der Waals surface area contributed by atoms with Crippen molar-refractivity contribution in [1.29, 1.82) is 0 Å². The number of carbonyl (C=O) groups is 2. The lowest BCUT2D eigenvalue weighted by Crippen LogP contribution is -2.56. The van der Waals surface area contributed by atoms with Crippen LogP contribution in [0.4, 0.5) is 13.2 Å². The molecule has 1 aromatic heterocycles. The molecule has 1 aromatic carbocycles. The van der Waals surface area contributed by atoms with Crippen molar-refractivity contribution in [2.24, 2.45) is 0 Å². The Balaban J connectivity index is 1.62. The molecule has 2 aliphatic heterocycles. The number of fused-ring (bicyclic) bond motifs is 1. The van der Waals surface area contributed by atoms with Crippen molar-refractivity contribution >= 4 is 11.8 Å². The highest BCUT2D eigenvalue weighted by Crippen LogP contribution is 2.34. The third kappa shape index (κ3) is 3.64. The smallest absolute Gasteiger partial charge is 0.314 e. The number of carbonyl (C=O) groups excluding carboxylic acids is 2. The summed E-state index contributed by atoms with van der Waals surface area (Å²) in [6, 6.07) is 1.68. The largest absolute Gasteiger partial charge is 0.415 e. The Morgan fingerprint density at radius 2 is 2.17 bits per heavy atom. The Hall–Kier alpha value is -2.95. The number of alkyl halides is 2. The van der Waals surface area contributed by atoms with Crippen LogP contribution < -0.4 is 5.32 Å². The zero-order chi connectivity index (χ0) is 21.4. The third-order valence-corrected chi connectivity index (χ3v) is 5.28. The third-order valence-electron chi connectivity index (χ3n) is 5.28. The molecule has 2 amide bonds. The summed E-state index contributed by atoms with van der Waals surface area (Å²) >= 11 is 0. The highest BCUT2D eigenvalue weighted by atomic mass is 19.3. The van der Waals surface area contributed by atoms with Crippen molar-refractivity contribution in [3.05, 3.63) is 35.0 Å². The quantitative estimate of drug-likeness (QED) is 0.792. The van der Waals surface area contributed by atoms with Gasteiger partial charge in [-0.1, -0.05) is 6.92 Å². The Bertz CT molecular complexity index is 981. The minimum atomic E-state index is -2.95. The maximum Gasteiger partial charge on any atom is 0.314 e. The van der Waals surface area contributed by atoms with Crippen molar-refractivity contribution in [1.82, 2.24) is 20.4 Å². The van der Waals surface area contributed by atoms with Gasteiger partial charge in [0, 0.05) is 29.7 Å². The molecule has 1 fully saturated rings. The second-order valence-corrected chi connectivity index (χ2v) is 7.12. The van der Waals surface area contributed by atoms with Gasteiger partial charge in [0.05, 0.1) is 25.2 Å². The fourth-order valence-electron chi connectivity index (χ4n) is 3.76. The molecule has 0 saturated carbocycles. The standard InChI is InChI=1S/C19H19F3N4O4/c1-2-15(27)23-13-8-29-4-3-14(13)26-7-11-10(19(26)28)5-9(6-12(11)20)17-24-25-18(30-17)16(21)22/h5-6,13-14,16H,2-4,7-8H2,1H3,(H,23,27)/t13-,14-/m1/s1. The van der Waals surface area contributed by atoms with Gasteiger partial charge in [0.2, 0.25) is 11.8 Å². The molecule has 0 spiro atoms. The maximum absolute atomic E-state index is 14.8. The highest BCUT2D eigenvalue weighted by Gasteiger charge is 2.40. The minimum Gasteiger partial charge on any atom is -0.415 e. The average Bonchev–Trinajstić information content (AvgIpc) is 3.34. The number of halogens is 3. The molecule has 2 aliphatic rings. The molecule has 4 rings (SSSR count). The van der Waals surface area contributed by atoms with E-state index in [0.717, 1.165) is 6.07 Å². The van der Waals surface area contributed by atoms with Crippen LogP contribution in [0.15, 0.2) is 16.5 Å². The topological polar surface area (TPSA) is 97.6 Å². The van der Waals surface area contributed by atoms with Crippen LogP contribution in [-0.2, 0) is 16.1 Å². The molecule has 2 atom stereocenters. The molecule has 1 N–H and O–H groups in total. The summed E-state index contributed by atoms with van der Waals surface area (Å²) in [6.07, 6.45) is -2.17. The highest BCUT2D eigenvalue weighted by molar-refractivity contribution is 5.99. The lowest BCUT2D eigenvalue weighted by molar-refractivity contribution is -0.123. The first-order valence-corrected chi connectivity index (χ1v) is 9.51. The van der Waals surface area contributed by atoms with Crippen molar-refractivity contribution in [3.8, 4) is 11.5 Å². The Morgan fingerprint density at radius 1 is 1.37 bits per heavy atom. The lowest BCUT2D eigenvalue weighted by atomic mass is 10.0. The SMILES string of the molecule is CCC(=O)N[C@@H]1COCC[C@H]1N1Cc2c(F)cc(-c3nnc(C(F)F)o3)cc2C1=O. The Kier molecular flexibility index (Phi) is 5.46. The zero-order valence-corrected chi connectivity index (χ0v) is 16.0. The fourth-order valence-corrected chi connectivity index (χ4v) is 3.76. The van der Waals surface area contributed by atoms with Crippen LogP contribution in [0.1, 0.15) is 48.0 Å². The van der Waals surface area contributed by atoms with E-state index >= 15 is 0 Å². The molecule has 0 aliphatic carbocycles. The second kappa shape index (κ2) is 8.05. The summed E-state index contributed by atoms with van der Waals surface area (Å²) in [4.78, 5) is 26.4. The van der Waals surface area contributed by atoms with Crippen LogP contribution >= 0.6 is 0 Å². The van der Waals surface area contributed by atoms with Gasteiger partial charge < -0.3 is 19.4 Å². The number of hydrogen-bond donors (Lipinski definition) is 1. The molecule has 0 radical (unpaired) electrons. The number of nitrogens with one attached hydrogen (secondary N) is 1. The number of hydrogen-bond acceptors (Lipinski definition) is 6. The van der Waals surface area contributed by atoms with Crippen LogP contribution in [0.2, 0.25) is 0 Å². The van der Waals surface area contributed by atoms with Gasteiger partial charge in [-0.05, 0) is 18.6 Å². The summed E-state index contributed by atoms with van der Waals surface area (Å²) in [6.45, 7) is 2.42. The van der Waals surface area contributed by atoms with Crippen LogP contribution in [0, 0.1) is 5.82 Å². The minimum absolute atomic E-state index is 0.0373. The van der Waals surface area contributed by atoms with Crippen LogP contribution in [0.3, 0.4) is 0 Å². The Morgan fingerprint density at radius 3 is 2.87 bits per heavy atom. The first-order valence-electron chi connectivity index (χ1n) is 9.51. The number of aromatic nitrogens is 2. The van der Waals surface area contributed by atoms with Crippen LogP contribution in [0.5, 0.6) is 0 Å². The summed E-state index contributed by atoms with van der Waals surface area (Å²) in [7, 11) is 0. The fraction of sp³-hybridized carbons (Fsp3) is 0.474. The summed E-state index contributed by atoms with van der Waals surface area (Å²) in [5.41, 5.74) is 0.349. The van der Waals surface area contributed by atoms with E-state index in [2.05, 4.69) is 15.5 Å². The van der Waals surface area contributed by atoms with Gasteiger partial charge in [-0.3, -0.25) is 9.59 Å². The van der Waals surface area contributed by atoms with Crippen molar-refractivity contribution < 1.29 is 31.9 Å². The molecular weight excluding hydrogens is 405 g/mol. The van der Waals surface area contributed by atoms with E-state index in [1.807, 2.05) is 0 Å². The van der Waals surface area contributed by atoms with Gasteiger partial charge >= 0.3 is 6.43 Å². The normalized spacial score (nSPS) is 21.2. The molecule has 0 bridgehead atoms. The van der Waals surface area contributed by atoms with E-state index < -0.39 is 30.1 Å². The summed E-state index contributed by atoms with van der Waals surface area (Å²) in [5, 5.41) is 9.59. The second-order valence-electron chi connectivity index (χ2n) is 7.12. The number of nitrogens with zero attached hydrogens (tertiary/aromatic N) is 3. The maximum atomic E-state index is 14.8. The number of ether oxygens (including phenoxy) is 1. The number of benzene rings is 1. The monoisotopic (exact) mass is 424 g/mol. The lowest BCUT2D eigenvalue weighted by Gasteiger charge is -2.38. The molecule has 2 aromatic rings. The van der Waals surface area contributed by atoms with E-state index in [4.69, 9.17) is 9.15 Å². The van der Waals surface area contributed by atoms with Gasteiger partial charge in [-0.2, -0.15) is 8.78 Å². The van der Waals surface area contributed by atoms with Crippen molar-refractivity contribution in [2.75, 3.05) is 13.2 Å². The molecule has 160 valence electrons. The molecule has 11 heteroatoms. The predicted octanol–water partition coefficient (Wildman–Crippen LogP) is 2.45. The number of rotatable bonds is 5. The molecular formula is C19H19F3N4O4. The van der Waals surface area contributed by atoms with Gasteiger partial charge in [0.25, 0.3) is 11.8 Å². The van der Waals surface area contributed by atoms with E-state index in [1.165, 1.54) is 11.0 Å². The summed E-state index contributed by atoms with van der Waals surface area (Å²) < 4.78 is 50.5. The van der Waals surface area contributed by atoms with Gasteiger partial charge in [-0.25, -0.2) is 4.39 Å². The molecule has 1 saturated heterocycles. The van der Waals surface area contributed by atoms with Gasteiger partial charge in [0.1, 0.15) is 5.82 Å². The molecule has 8 nitrogen and oxygen atoms in total. The van der Waals surface area contributed by atoms with Crippen molar-refractivity contribution in [2.45, 2.75) is 44.8 Å².